The first-order valence-electron chi connectivity index (χ1n) is 8.74. The van der Waals surface area contributed by atoms with Gasteiger partial charge in [0.15, 0.2) is 17.3 Å². The van der Waals surface area contributed by atoms with Crippen LogP contribution in [0.2, 0.25) is 0 Å². The molecule has 0 aliphatic rings. The van der Waals surface area contributed by atoms with Crippen molar-refractivity contribution < 1.29 is 14.3 Å². The lowest BCUT2D eigenvalue weighted by Crippen LogP contribution is -2.36. The Labute approximate surface area is 166 Å². The summed E-state index contributed by atoms with van der Waals surface area (Å²) in [5.74, 6) is 0.852. The molecule has 0 radical (unpaired) electrons. The highest BCUT2D eigenvalue weighted by molar-refractivity contribution is 8.01. The number of hydrogen-bond acceptors (Lipinski definition) is 7. The molecule has 1 amide bonds. The lowest BCUT2D eigenvalue weighted by molar-refractivity contribution is -0.132. The number of benzene rings is 1. The molecule has 0 spiro atoms. The van der Waals surface area contributed by atoms with Crippen LogP contribution in [0.4, 0.5) is 0 Å². The summed E-state index contributed by atoms with van der Waals surface area (Å²) < 4.78 is 7.07. The minimum Gasteiger partial charge on any atom is -0.494 e. The number of ether oxygens (including phenoxy) is 1. The average Bonchev–Trinajstić information content (AvgIpc) is 3.09. The van der Waals surface area contributed by atoms with Crippen molar-refractivity contribution in [3.05, 3.63) is 36.4 Å². The molecule has 9 heteroatoms. The van der Waals surface area contributed by atoms with Crippen LogP contribution in [0.15, 0.2) is 41.4 Å². The molecule has 2 aromatic heterocycles. The van der Waals surface area contributed by atoms with Gasteiger partial charge in [0.1, 0.15) is 16.0 Å². The van der Waals surface area contributed by atoms with E-state index in [4.69, 9.17) is 4.74 Å². The molecule has 2 heterocycles. The fourth-order valence-electron chi connectivity index (χ4n) is 2.54. The van der Waals surface area contributed by atoms with Gasteiger partial charge in [-0.15, -0.1) is 10.2 Å². The third kappa shape index (κ3) is 4.14. The number of carbonyl (C=O) groups excluding carboxylic acids is 2. The molecular formula is C19H21N5O3S. The van der Waals surface area contributed by atoms with Crippen LogP contribution >= 0.6 is 11.8 Å². The molecule has 0 unspecified atom stereocenters. The average molecular weight is 399 g/mol. The van der Waals surface area contributed by atoms with Gasteiger partial charge >= 0.3 is 0 Å². The number of nitrogens with zero attached hydrogens (tertiary/aromatic N) is 5. The van der Waals surface area contributed by atoms with Crippen molar-refractivity contribution in [3.63, 3.8) is 0 Å². The summed E-state index contributed by atoms with van der Waals surface area (Å²) in [4.78, 5) is 25.6. The number of Topliss-reactive ketones (excluding diaryl/α,β-unsaturated/α-hetero) is 1. The first-order chi connectivity index (χ1) is 13.4. The smallest absolute Gasteiger partial charge is 0.243 e. The van der Waals surface area contributed by atoms with Gasteiger partial charge in [-0.3, -0.25) is 9.59 Å². The molecule has 0 N–H and O–H groups in total. The second kappa shape index (κ2) is 8.39. The summed E-state index contributed by atoms with van der Waals surface area (Å²) in [5, 5.41) is 12.6. The van der Waals surface area contributed by atoms with Crippen molar-refractivity contribution >= 4 is 29.1 Å². The normalized spacial score (nSPS) is 12.0. The van der Waals surface area contributed by atoms with Gasteiger partial charge in [0, 0.05) is 19.7 Å². The minimum atomic E-state index is -0.842. The maximum Gasteiger partial charge on any atom is 0.243 e. The monoisotopic (exact) mass is 399 g/mol. The Morgan fingerprint density at radius 2 is 1.86 bits per heavy atom. The molecule has 3 aromatic rings. The molecule has 0 aliphatic heterocycles. The summed E-state index contributed by atoms with van der Waals surface area (Å²) in [7, 11) is 3.25. The lowest BCUT2D eigenvalue weighted by Gasteiger charge is -2.17. The van der Waals surface area contributed by atoms with Gasteiger partial charge in [0.25, 0.3) is 0 Å². The van der Waals surface area contributed by atoms with E-state index in [9.17, 15) is 9.59 Å². The molecule has 0 fully saturated rings. The van der Waals surface area contributed by atoms with E-state index in [-0.39, 0.29) is 11.7 Å². The number of amides is 1. The Morgan fingerprint density at radius 1 is 1.14 bits per heavy atom. The molecule has 0 saturated carbocycles. The first-order valence-corrected chi connectivity index (χ1v) is 9.62. The van der Waals surface area contributed by atoms with E-state index in [1.54, 1.807) is 30.7 Å². The van der Waals surface area contributed by atoms with Gasteiger partial charge in [-0.2, -0.15) is 9.61 Å². The van der Waals surface area contributed by atoms with E-state index < -0.39 is 5.25 Å². The van der Waals surface area contributed by atoms with Crippen LogP contribution in [0.25, 0.3) is 17.0 Å². The predicted molar refractivity (Wildman–Crippen MR) is 106 cm³/mol. The van der Waals surface area contributed by atoms with Crippen LogP contribution in [-0.2, 0) is 9.59 Å². The van der Waals surface area contributed by atoms with Crippen molar-refractivity contribution in [2.75, 3.05) is 20.7 Å². The zero-order valence-electron chi connectivity index (χ0n) is 16.1. The van der Waals surface area contributed by atoms with Gasteiger partial charge in [0.2, 0.25) is 5.91 Å². The number of fused-ring (bicyclic) bond motifs is 1. The number of carbonyl (C=O) groups is 2. The molecule has 0 aliphatic carbocycles. The van der Waals surface area contributed by atoms with Gasteiger partial charge in [-0.1, -0.05) is 11.8 Å². The quantitative estimate of drug-likeness (QED) is 0.445. The van der Waals surface area contributed by atoms with Gasteiger partial charge in [-0.25, -0.2) is 0 Å². The lowest BCUT2D eigenvalue weighted by atomic mass is 10.2. The maximum absolute atomic E-state index is 12.3. The van der Waals surface area contributed by atoms with Crippen LogP contribution in [0.3, 0.4) is 0 Å². The van der Waals surface area contributed by atoms with E-state index in [0.29, 0.717) is 23.1 Å². The molecule has 8 nitrogen and oxygen atoms in total. The number of thioether (sulfide) groups is 1. The van der Waals surface area contributed by atoms with Crippen LogP contribution in [0, 0.1) is 0 Å². The number of rotatable bonds is 7. The van der Waals surface area contributed by atoms with Crippen molar-refractivity contribution in [1.29, 1.82) is 0 Å². The van der Waals surface area contributed by atoms with E-state index in [0.717, 1.165) is 23.1 Å². The third-order valence-electron chi connectivity index (χ3n) is 3.93. The molecular weight excluding hydrogens is 378 g/mol. The SMILES string of the molecule is CCOc1ccc(-c2nnc3ccc(S[C@H](C(C)=O)C(=O)N(C)C)nn23)cc1. The van der Waals surface area contributed by atoms with Crippen LogP contribution in [-0.4, -0.2) is 62.4 Å². The van der Waals surface area contributed by atoms with Crippen molar-refractivity contribution in [2.24, 2.45) is 0 Å². The largest absolute Gasteiger partial charge is 0.494 e. The summed E-state index contributed by atoms with van der Waals surface area (Å²) in [6.45, 7) is 3.93. The Morgan fingerprint density at radius 3 is 2.46 bits per heavy atom. The number of ketones is 1. The van der Waals surface area contributed by atoms with Gasteiger partial charge < -0.3 is 9.64 Å². The molecule has 3 rings (SSSR count). The first kappa shape index (κ1) is 19.8. The topological polar surface area (TPSA) is 89.7 Å². The van der Waals surface area contributed by atoms with Crippen LogP contribution < -0.4 is 4.74 Å². The summed E-state index contributed by atoms with van der Waals surface area (Å²) >= 11 is 1.12. The van der Waals surface area contributed by atoms with Gasteiger partial charge in [0.05, 0.1) is 6.61 Å². The number of aromatic nitrogens is 4. The Balaban J connectivity index is 1.93. The van der Waals surface area contributed by atoms with E-state index in [1.165, 1.54) is 11.8 Å². The highest BCUT2D eigenvalue weighted by Crippen LogP contribution is 2.26. The Bertz CT molecular complexity index is 1000. The predicted octanol–water partition coefficient (Wildman–Crippen LogP) is 2.33. The fourth-order valence-corrected chi connectivity index (χ4v) is 3.54. The van der Waals surface area contributed by atoms with Crippen LogP contribution in [0.1, 0.15) is 13.8 Å². The summed E-state index contributed by atoms with van der Waals surface area (Å²) in [5.41, 5.74) is 1.41. The third-order valence-corrected chi connectivity index (χ3v) is 5.16. The molecule has 28 heavy (non-hydrogen) atoms. The molecule has 1 aromatic carbocycles. The highest BCUT2D eigenvalue weighted by atomic mass is 32.2. The van der Waals surface area contributed by atoms with Crippen molar-refractivity contribution in [3.8, 4) is 17.1 Å². The maximum atomic E-state index is 12.3. The minimum absolute atomic E-state index is 0.221. The zero-order chi connectivity index (χ0) is 20.3. The van der Waals surface area contributed by atoms with Crippen molar-refractivity contribution in [1.82, 2.24) is 24.7 Å². The summed E-state index contributed by atoms with van der Waals surface area (Å²) in [6.07, 6.45) is 0. The van der Waals surface area contributed by atoms with E-state index in [2.05, 4.69) is 15.3 Å². The molecule has 0 saturated heterocycles. The standard InChI is InChI=1S/C19H21N5O3S/c1-5-27-14-8-6-13(7-9-14)18-21-20-15-10-11-16(22-24(15)18)28-17(12(2)25)19(26)23(3)4/h6-11,17H,5H2,1-4H3/t17-/m1/s1. The fraction of sp³-hybridized carbons (Fsp3) is 0.316. The number of hydrogen-bond donors (Lipinski definition) is 0. The molecule has 0 bridgehead atoms. The Kier molecular flexibility index (Phi) is 5.93. The Hall–Kier alpha value is -2.94. The second-order valence-corrected chi connectivity index (χ2v) is 7.39. The van der Waals surface area contributed by atoms with Crippen molar-refractivity contribution in [2.45, 2.75) is 24.1 Å². The molecule has 146 valence electrons. The van der Waals surface area contributed by atoms with E-state index in [1.807, 2.05) is 31.2 Å². The van der Waals surface area contributed by atoms with Gasteiger partial charge in [-0.05, 0) is 50.2 Å². The summed E-state index contributed by atoms with van der Waals surface area (Å²) in [6, 6.07) is 11.0. The van der Waals surface area contributed by atoms with Crippen LogP contribution in [0.5, 0.6) is 5.75 Å². The highest BCUT2D eigenvalue weighted by Gasteiger charge is 2.27. The van der Waals surface area contributed by atoms with E-state index >= 15 is 0 Å². The second-order valence-electron chi connectivity index (χ2n) is 6.26. The zero-order valence-corrected chi connectivity index (χ0v) is 16.9. The molecule has 1 atom stereocenters.